The normalized spacial score (nSPS) is 12.2. The van der Waals surface area contributed by atoms with Crippen molar-refractivity contribution in [3.05, 3.63) is 70.9 Å². The largest absolute Gasteiger partial charge is 0.390 e. The molecule has 0 saturated carbocycles. The van der Waals surface area contributed by atoms with Crippen molar-refractivity contribution >= 4 is 22.5 Å². The van der Waals surface area contributed by atoms with Crippen LogP contribution in [0, 0.1) is 13.8 Å². The van der Waals surface area contributed by atoms with Crippen molar-refractivity contribution in [2.75, 3.05) is 39.5 Å². The second-order valence-corrected chi connectivity index (χ2v) is 10.4. The van der Waals surface area contributed by atoms with Crippen molar-refractivity contribution in [2.24, 2.45) is 7.05 Å². The molecule has 0 fully saturated rings. The number of likely N-dealkylation sites (N-methyl/N-ethyl adjacent to an activating group) is 1. The summed E-state index contributed by atoms with van der Waals surface area (Å²) < 4.78 is 2.05. The fourth-order valence-corrected chi connectivity index (χ4v) is 4.74. The van der Waals surface area contributed by atoms with Crippen LogP contribution in [0.1, 0.15) is 40.1 Å². The fourth-order valence-electron chi connectivity index (χ4n) is 4.74. The lowest BCUT2D eigenvalue weighted by Crippen LogP contribution is -2.31. The van der Waals surface area contributed by atoms with Gasteiger partial charge in [0.05, 0.1) is 58.4 Å². The highest BCUT2D eigenvalue weighted by Gasteiger charge is 2.20. The highest BCUT2D eigenvalue weighted by Crippen LogP contribution is 2.27. The van der Waals surface area contributed by atoms with Crippen LogP contribution in [0.15, 0.2) is 42.6 Å². The van der Waals surface area contributed by atoms with Gasteiger partial charge in [-0.15, -0.1) is 0 Å². The molecule has 9 heteroatoms. The lowest BCUT2D eigenvalue weighted by Gasteiger charge is -2.20. The van der Waals surface area contributed by atoms with Crippen molar-refractivity contribution in [3.63, 3.8) is 0 Å². The smallest absolute Gasteiger partial charge is 0.254 e. The van der Waals surface area contributed by atoms with Crippen molar-refractivity contribution in [3.8, 4) is 11.4 Å². The van der Waals surface area contributed by atoms with Crippen molar-refractivity contribution < 1.29 is 9.90 Å². The van der Waals surface area contributed by atoms with E-state index in [1.807, 2.05) is 94.1 Å². The Morgan fingerprint density at radius 3 is 2.51 bits per heavy atom. The lowest BCUT2D eigenvalue weighted by atomic mass is 10.0. The molecular weight excluding hydrogens is 490 g/mol. The van der Waals surface area contributed by atoms with Crippen LogP contribution in [0.5, 0.6) is 0 Å². The van der Waals surface area contributed by atoms with E-state index in [1.165, 1.54) is 0 Å². The second-order valence-electron chi connectivity index (χ2n) is 10.4. The first-order chi connectivity index (χ1) is 18.6. The number of pyridine rings is 2. The molecule has 1 atom stereocenters. The van der Waals surface area contributed by atoms with Gasteiger partial charge in [-0.25, -0.2) is 15.0 Å². The number of aliphatic hydroxyl groups excluding tert-OH is 1. The Balaban J connectivity index is 1.65. The van der Waals surface area contributed by atoms with Crippen LogP contribution in [-0.4, -0.2) is 80.7 Å². The highest BCUT2D eigenvalue weighted by molar-refractivity contribution is 6.07. The highest BCUT2D eigenvalue weighted by atomic mass is 16.3. The molecule has 0 bridgehead atoms. The van der Waals surface area contributed by atoms with Gasteiger partial charge in [-0.1, -0.05) is 18.6 Å². The zero-order valence-corrected chi connectivity index (χ0v) is 24.0. The minimum atomic E-state index is -0.491. The molecule has 3 aromatic heterocycles. The summed E-state index contributed by atoms with van der Waals surface area (Å²) in [5.74, 6) is 0.906. The Morgan fingerprint density at radius 2 is 1.85 bits per heavy atom. The first-order valence-electron chi connectivity index (χ1n) is 13.3. The number of aliphatic hydroxyl groups is 1. The van der Waals surface area contributed by atoms with Crippen LogP contribution < -0.4 is 5.32 Å². The number of benzene rings is 1. The number of aryl methyl sites for hydroxylation is 3. The van der Waals surface area contributed by atoms with Gasteiger partial charge < -0.3 is 24.8 Å². The average Bonchev–Trinajstić information content (AvgIpc) is 3.25. The first kappa shape index (κ1) is 28.2. The monoisotopic (exact) mass is 529 g/mol. The van der Waals surface area contributed by atoms with Gasteiger partial charge in [-0.05, 0) is 58.3 Å². The number of nitrogens with one attached hydrogen (secondary N) is 1. The number of hydrogen-bond acceptors (Lipinski definition) is 7. The third kappa shape index (κ3) is 6.43. The predicted octanol–water partition coefficient (Wildman–Crippen LogP) is 3.82. The van der Waals surface area contributed by atoms with Crippen LogP contribution in [-0.2, 0) is 20.0 Å². The van der Waals surface area contributed by atoms with Crippen LogP contribution in [0.2, 0.25) is 0 Å². The fraction of sp³-hybridized carbons (Fsp3) is 0.400. The molecule has 1 unspecified atom stereocenters. The van der Waals surface area contributed by atoms with Gasteiger partial charge in [-0.2, -0.15) is 0 Å². The minimum absolute atomic E-state index is 0.0848. The molecule has 0 aliphatic heterocycles. The molecule has 1 aromatic carbocycles. The molecule has 206 valence electrons. The maximum Gasteiger partial charge on any atom is 0.254 e. The molecule has 0 saturated heterocycles. The topological polar surface area (TPSA) is 99.4 Å². The van der Waals surface area contributed by atoms with E-state index >= 15 is 0 Å². The van der Waals surface area contributed by atoms with E-state index in [9.17, 15) is 9.90 Å². The van der Waals surface area contributed by atoms with Crippen molar-refractivity contribution in [2.45, 2.75) is 39.8 Å². The number of aromatic nitrogens is 4. The van der Waals surface area contributed by atoms with Crippen molar-refractivity contribution in [1.29, 1.82) is 0 Å². The summed E-state index contributed by atoms with van der Waals surface area (Å²) in [5, 5.41) is 14.3. The number of anilines is 1. The summed E-state index contributed by atoms with van der Waals surface area (Å²) in [6.07, 6.45) is 2.18. The van der Waals surface area contributed by atoms with E-state index in [2.05, 4.69) is 17.2 Å². The molecule has 4 aromatic rings. The Bertz CT molecular complexity index is 1480. The van der Waals surface area contributed by atoms with Gasteiger partial charge in [-0.3, -0.25) is 4.79 Å². The van der Waals surface area contributed by atoms with Crippen LogP contribution in [0.3, 0.4) is 0 Å². The van der Waals surface area contributed by atoms with Gasteiger partial charge in [0, 0.05) is 39.0 Å². The van der Waals surface area contributed by atoms with E-state index in [-0.39, 0.29) is 5.91 Å². The molecule has 4 rings (SSSR count). The number of carbonyl (C=O) groups excluding carboxylic acids is 1. The standard InChI is InChI=1S/C30H39N7O2/c1-8-29-32-15-21(37(29)7)17-36(6)30(39)24-14-28(34-26-10-9-19(2)13-23(24)26)27-12-11-25(20(3)33-27)31-16-22(38)18-35(4)5/h9-15,22,31,38H,8,16-18H2,1-7H3. The molecule has 39 heavy (non-hydrogen) atoms. The summed E-state index contributed by atoms with van der Waals surface area (Å²) in [7, 11) is 7.66. The van der Waals surface area contributed by atoms with E-state index in [1.54, 1.807) is 4.90 Å². The van der Waals surface area contributed by atoms with Crippen LogP contribution in [0.4, 0.5) is 5.69 Å². The number of hydrogen-bond donors (Lipinski definition) is 2. The minimum Gasteiger partial charge on any atom is -0.390 e. The van der Waals surface area contributed by atoms with Crippen LogP contribution >= 0.6 is 0 Å². The van der Waals surface area contributed by atoms with Gasteiger partial charge in [0.15, 0.2) is 0 Å². The summed E-state index contributed by atoms with van der Waals surface area (Å²) >= 11 is 0. The van der Waals surface area contributed by atoms with E-state index < -0.39 is 6.10 Å². The zero-order valence-electron chi connectivity index (χ0n) is 24.0. The average molecular weight is 530 g/mol. The number of imidazole rings is 1. The molecule has 3 heterocycles. The molecule has 2 N–H and O–H groups in total. The Hall–Kier alpha value is -3.82. The van der Waals surface area contributed by atoms with E-state index in [0.717, 1.165) is 45.8 Å². The Labute approximate surface area is 230 Å². The molecule has 0 aliphatic rings. The third-order valence-electron chi connectivity index (χ3n) is 6.89. The van der Waals surface area contributed by atoms with E-state index in [0.29, 0.717) is 36.6 Å². The zero-order chi connectivity index (χ0) is 28.3. The quantitative estimate of drug-likeness (QED) is 0.322. The molecular formula is C30H39N7O2. The van der Waals surface area contributed by atoms with Crippen molar-refractivity contribution in [1.82, 2.24) is 29.3 Å². The third-order valence-corrected chi connectivity index (χ3v) is 6.89. The molecule has 0 radical (unpaired) electrons. The lowest BCUT2D eigenvalue weighted by molar-refractivity contribution is 0.0784. The molecule has 0 spiro atoms. The predicted molar refractivity (Wildman–Crippen MR) is 156 cm³/mol. The number of nitrogens with zero attached hydrogens (tertiary/aromatic N) is 6. The Morgan fingerprint density at radius 1 is 1.08 bits per heavy atom. The maximum absolute atomic E-state index is 13.8. The molecule has 9 nitrogen and oxygen atoms in total. The summed E-state index contributed by atoms with van der Waals surface area (Å²) in [5.41, 5.74) is 6.35. The molecule has 0 aliphatic carbocycles. The second kappa shape index (κ2) is 11.9. The van der Waals surface area contributed by atoms with E-state index in [4.69, 9.17) is 9.97 Å². The SMILES string of the molecule is CCc1ncc(CN(C)C(=O)c2cc(-c3ccc(NCC(O)CN(C)C)c(C)n3)nc3ccc(C)cc23)n1C. The number of rotatable bonds is 10. The first-order valence-corrected chi connectivity index (χ1v) is 13.3. The Kier molecular flexibility index (Phi) is 8.62. The number of fused-ring (bicyclic) bond motifs is 1. The van der Waals surface area contributed by atoms with Gasteiger partial charge in [0.25, 0.3) is 5.91 Å². The number of amides is 1. The molecule has 1 amide bonds. The summed E-state index contributed by atoms with van der Waals surface area (Å²) in [4.78, 5) is 31.6. The maximum atomic E-state index is 13.8. The van der Waals surface area contributed by atoms with Gasteiger partial charge in [0.1, 0.15) is 5.82 Å². The van der Waals surface area contributed by atoms with Gasteiger partial charge in [0.2, 0.25) is 0 Å². The summed E-state index contributed by atoms with van der Waals surface area (Å²) in [6.45, 7) is 7.45. The van der Waals surface area contributed by atoms with Gasteiger partial charge >= 0.3 is 0 Å². The van der Waals surface area contributed by atoms with Crippen LogP contribution in [0.25, 0.3) is 22.3 Å². The summed E-state index contributed by atoms with van der Waals surface area (Å²) in [6, 6.07) is 11.7. The number of carbonyl (C=O) groups is 1.